The number of carbonyl (C=O) groups is 1. The van der Waals surface area contributed by atoms with E-state index >= 15 is 0 Å². The first-order valence-electron chi connectivity index (χ1n) is 7.51. The van der Waals surface area contributed by atoms with E-state index < -0.39 is 9.84 Å². The highest BCUT2D eigenvalue weighted by atomic mass is 32.2. The Labute approximate surface area is 121 Å². The number of amides is 1. The van der Waals surface area contributed by atoms with Gasteiger partial charge in [-0.15, -0.1) is 0 Å². The normalized spacial score (nSPS) is 32.7. The molecule has 2 aliphatic heterocycles. The molecule has 0 N–H and O–H groups in total. The highest BCUT2D eigenvalue weighted by Gasteiger charge is 2.54. The second-order valence-corrected chi connectivity index (χ2v) is 9.52. The first kappa shape index (κ1) is 14.3. The van der Waals surface area contributed by atoms with Crippen molar-refractivity contribution in [3.63, 3.8) is 0 Å². The molecular formula is C14H24N2O3S. The van der Waals surface area contributed by atoms with Crippen molar-refractivity contribution in [1.82, 2.24) is 9.80 Å². The average molecular weight is 300 g/mol. The predicted octanol–water partition coefficient (Wildman–Crippen LogP) is 0.364. The highest BCUT2D eigenvalue weighted by molar-refractivity contribution is 7.91. The number of carbonyl (C=O) groups excluding carboxylic acids is 1. The first-order valence-corrected chi connectivity index (χ1v) is 9.33. The van der Waals surface area contributed by atoms with E-state index in [1.54, 1.807) is 0 Å². The maximum Gasteiger partial charge on any atom is 0.237 e. The van der Waals surface area contributed by atoms with Gasteiger partial charge in [0.05, 0.1) is 18.1 Å². The number of likely N-dealkylation sites (tertiary alicyclic amines) is 1. The maximum absolute atomic E-state index is 12.4. The summed E-state index contributed by atoms with van der Waals surface area (Å²) in [6, 6.07) is 0.406. The predicted molar refractivity (Wildman–Crippen MR) is 77.1 cm³/mol. The fourth-order valence-electron chi connectivity index (χ4n) is 3.68. The monoisotopic (exact) mass is 300 g/mol. The molecule has 0 aromatic carbocycles. The van der Waals surface area contributed by atoms with E-state index in [1.165, 1.54) is 12.8 Å². The number of sulfone groups is 1. The van der Waals surface area contributed by atoms with E-state index in [9.17, 15) is 13.2 Å². The Bertz CT molecular complexity index is 497. The summed E-state index contributed by atoms with van der Waals surface area (Å²) in [5, 5.41) is 0. The van der Waals surface area contributed by atoms with Gasteiger partial charge in [-0.1, -0.05) is 13.8 Å². The molecule has 1 aliphatic carbocycles. The minimum absolute atomic E-state index is 0.181. The van der Waals surface area contributed by atoms with Crippen LogP contribution in [-0.2, 0) is 14.6 Å². The SMILES string of the molecule is CC1(C)CN(C(=O)CN2CCS(=O)(=O)CC2)[C@H]1C1CC1. The van der Waals surface area contributed by atoms with Gasteiger partial charge in [-0.05, 0) is 18.8 Å². The van der Waals surface area contributed by atoms with Crippen molar-refractivity contribution >= 4 is 15.7 Å². The fraction of sp³-hybridized carbons (Fsp3) is 0.929. The Morgan fingerprint density at radius 2 is 1.80 bits per heavy atom. The fourth-order valence-corrected chi connectivity index (χ4v) is 4.96. The molecule has 3 aliphatic rings. The molecule has 0 radical (unpaired) electrons. The van der Waals surface area contributed by atoms with Crippen molar-refractivity contribution in [3.8, 4) is 0 Å². The molecule has 0 spiro atoms. The summed E-state index contributed by atoms with van der Waals surface area (Å²) in [6.45, 7) is 6.72. The van der Waals surface area contributed by atoms with Gasteiger partial charge in [0.25, 0.3) is 0 Å². The molecular weight excluding hydrogens is 276 g/mol. The van der Waals surface area contributed by atoms with Gasteiger partial charge in [0, 0.05) is 31.1 Å². The van der Waals surface area contributed by atoms with Crippen molar-refractivity contribution in [3.05, 3.63) is 0 Å². The zero-order valence-corrected chi connectivity index (χ0v) is 13.2. The lowest BCUT2D eigenvalue weighted by Crippen LogP contribution is -2.66. The minimum Gasteiger partial charge on any atom is -0.337 e. The molecule has 0 unspecified atom stereocenters. The lowest BCUT2D eigenvalue weighted by Gasteiger charge is -2.55. The molecule has 0 aromatic rings. The van der Waals surface area contributed by atoms with Crippen LogP contribution in [0.4, 0.5) is 0 Å². The summed E-state index contributed by atoms with van der Waals surface area (Å²) in [5.74, 6) is 1.26. The standard InChI is InChI=1S/C14H24N2O3S/c1-14(2)10-16(13(14)11-3-4-11)12(17)9-15-5-7-20(18,19)8-6-15/h11,13H,3-10H2,1-2H3/t13-/m0/s1. The van der Waals surface area contributed by atoms with Crippen molar-refractivity contribution in [2.24, 2.45) is 11.3 Å². The van der Waals surface area contributed by atoms with Crippen molar-refractivity contribution < 1.29 is 13.2 Å². The smallest absolute Gasteiger partial charge is 0.237 e. The summed E-state index contributed by atoms with van der Waals surface area (Å²) in [7, 11) is -2.86. The minimum atomic E-state index is -2.86. The molecule has 2 heterocycles. The molecule has 6 heteroatoms. The lowest BCUT2D eigenvalue weighted by molar-refractivity contribution is -0.154. The van der Waals surface area contributed by atoms with Crippen LogP contribution in [0.1, 0.15) is 26.7 Å². The number of nitrogens with zero attached hydrogens (tertiary/aromatic N) is 2. The molecule has 0 aromatic heterocycles. The Balaban J connectivity index is 1.55. The second-order valence-electron chi connectivity index (χ2n) is 7.22. The quantitative estimate of drug-likeness (QED) is 0.755. The summed E-state index contributed by atoms with van der Waals surface area (Å²) in [5.41, 5.74) is 0.252. The van der Waals surface area contributed by atoms with Crippen LogP contribution >= 0.6 is 0 Å². The molecule has 20 heavy (non-hydrogen) atoms. The Kier molecular flexibility index (Phi) is 3.36. The van der Waals surface area contributed by atoms with Crippen LogP contribution in [0.3, 0.4) is 0 Å². The number of hydrogen-bond acceptors (Lipinski definition) is 4. The highest BCUT2D eigenvalue weighted by Crippen LogP contribution is 2.50. The van der Waals surface area contributed by atoms with Gasteiger partial charge in [0.1, 0.15) is 0 Å². The Morgan fingerprint density at radius 3 is 2.30 bits per heavy atom. The van der Waals surface area contributed by atoms with Gasteiger partial charge in [0.15, 0.2) is 9.84 Å². The first-order chi connectivity index (χ1) is 9.28. The molecule has 0 bridgehead atoms. The summed E-state index contributed by atoms with van der Waals surface area (Å²) in [6.07, 6.45) is 2.50. The molecule has 1 atom stereocenters. The molecule has 114 valence electrons. The van der Waals surface area contributed by atoms with Crippen LogP contribution in [0.2, 0.25) is 0 Å². The van der Waals surface area contributed by atoms with E-state index in [2.05, 4.69) is 13.8 Å². The molecule has 1 amide bonds. The average Bonchev–Trinajstić information content (AvgIpc) is 3.13. The van der Waals surface area contributed by atoms with Gasteiger partial charge in [-0.25, -0.2) is 8.42 Å². The van der Waals surface area contributed by atoms with Gasteiger partial charge >= 0.3 is 0 Å². The Morgan fingerprint density at radius 1 is 1.20 bits per heavy atom. The third kappa shape index (κ3) is 2.72. The third-order valence-electron chi connectivity index (χ3n) is 4.90. The van der Waals surface area contributed by atoms with E-state index in [4.69, 9.17) is 0 Å². The summed E-state index contributed by atoms with van der Waals surface area (Å²) < 4.78 is 22.8. The van der Waals surface area contributed by atoms with Gasteiger partial charge < -0.3 is 4.90 Å². The largest absolute Gasteiger partial charge is 0.337 e. The van der Waals surface area contributed by atoms with Crippen LogP contribution in [-0.4, -0.2) is 67.9 Å². The Hall–Kier alpha value is -0.620. The molecule has 1 saturated carbocycles. The van der Waals surface area contributed by atoms with Crippen LogP contribution < -0.4 is 0 Å². The molecule has 5 nitrogen and oxygen atoms in total. The van der Waals surface area contributed by atoms with E-state index in [0.717, 1.165) is 6.54 Å². The van der Waals surface area contributed by atoms with Crippen LogP contribution in [0.25, 0.3) is 0 Å². The lowest BCUT2D eigenvalue weighted by atomic mass is 9.72. The van der Waals surface area contributed by atoms with Crippen LogP contribution in [0.5, 0.6) is 0 Å². The zero-order chi connectivity index (χ0) is 14.5. The van der Waals surface area contributed by atoms with Crippen molar-refractivity contribution in [2.45, 2.75) is 32.7 Å². The summed E-state index contributed by atoms with van der Waals surface area (Å²) >= 11 is 0. The maximum atomic E-state index is 12.4. The molecule has 2 saturated heterocycles. The second kappa shape index (κ2) is 4.70. The van der Waals surface area contributed by atoms with Crippen LogP contribution in [0.15, 0.2) is 0 Å². The topological polar surface area (TPSA) is 57.7 Å². The third-order valence-corrected chi connectivity index (χ3v) is 6.51. The molecule has 3 rings (SSSR count). The molecule has 3 fully saturated rings. The summed E-state index contributed by atoms with van der Waals surface area (Å²) in [4.78, 5) is 16.4. The van der Waals surface area contributed by atoms with Gasteiger partial charge in [-0.3, -0.25) is 9.69 Å². The van der Waals surface area contributed by atoms with Gasteiger partial charge in [-0.2, -0.15) is 0 Å². The van der Waals surface area contributed by atoms with Crippen molar-refractivity contribution in [1.29, 1.82) is 0 Å². The van der Waals surface area contributed by atoms with Gasteiger partial charge in [0.2, 0.25) is 5.91 Å². The van der Waals surface area contributed by atoms with E-state index in [0.29, 0.717) is 31.6 Å². The van der Waals surface area contributed by atoms with Crippen LogP contribution in [0, 0.1) is 11.3 Å². The van der Waals surface area contributed by atoms with E-state index in [-0.39, 0.29) is 22.8 Å². The number of hydrogen-bond donors (Lipinski definition) is 0. The zero-order valence-electron chi connectivity index (χ0n) is 12.3. The van der Waals surface area contributed by atoms with Crippen molar-refractivity contribution in [2.75, 3.05) is 37.7 Å². The van der Waals surface area contributed by atoms with E-state index in [1.807, 2.05) is 9.80 Å². The number of rotatable bonds is 3.